The van der Waals surface area contributed by atoms with Crippen molar-refractivity contribution < 1.29 is 14.3 Å². The summed E-state index contributed by atoms with van der Waals surface area (Å²) in [5, 5.41) is 3.44. The summed E-state index contributed by atoms with van der Waals surface area (Å²) in [6.07, 6.45) is -0.234. The second-order valence-corrected chi connectivity index (χ2v) is 5.30. The van der Waals surface area contributed by atoms with Crippen molar-refractivity contribution in [2.24, 2.45) is 0 Å². The van der Waals surface area contributed by atoms with Crippen LogP contribution in [0.3, 0.4) is 0 Å². The fourth-order valence-corrected chi connectivity index (χ4v) is 2.91. The standard InChI is InChI=1S/C18H20N2O3/c1-4-20-17(12-9-10-15(22-2)16(11-12)23-3)19-14-8-6-5-7-13(14)18(20)21/h5-11,17,19H,4H2,1-3H3. The van der Waals surface area contributed by atoms with E-state index >= 15 is 0 Å². The molecule has 2 aromatic carbocycles. The van der Waals surface area contributed by atoms with Crippen LogP contribution in [-0.2, 0) is 0 Å². The minimum absolute atomic E-state index is 0.0293. The second-order valence-electron chi connectivity index (χ2n) is 5.30. The number of hydrogen-bond acceptors (Lipinski definition) is 4. The van der Waals surface area contributed by atoms with Gasteiger partial charge in [0.2, 0.25) is 0 Å². The predicted octanol–water partition coefficient (Wildman–Crippen LogP) is 3.29. The van der Waals surface area contributed by atoms with Crippen LogP contribution in [0, 0.1) is 0 Å². The summed E-state index contributed by atoms with van der Waals surface area (Å²) in [6, 6.07) is 13.3. The zero-order valence-electron chi connectivity index (χ0n) is 13.5. The molecule has 0 aromatic heterocycles. The van der Waals surface area contributed by atoms with Crippen LogP contribution in [0.15, 0.2) is 42.5 Å². The van der Waals surface area contributed by atoms with Crippen molar-refractivity contribution in [2.45, 2.75) is 13.1 Å². The number of para-hydroxylation sites is 1. The maximum Gasteiger partial charge on any atom is 0.257 e. The van der Waals surface area contributed by atoms with Crippen LogP contribution in [0.25, 0.3) is 0 Å². The highest BCUT2D eigenvalue weighted by molar-refractivity contribution is 6.01. The molecule has 2 aromatic rings. The third-order valence-corrected chi connectivity index (χ3v) is 4.09. The minimum atomic E-state index is -0.234. The number of fused-ring (bicyclic) bond motifs is 1. The monoisotopic (exact) mass is 312 g/mol. The molecule has 5 heteroatoms. The van der Waals surface area contributed by atoms with Crippen molar-refractivity contribution in [3.63, 3.8) is 0 Å². The molecule has 0 bridgehead atoms. The van der Waals surface area contributed by atoms with Gasteiger partial charge in [-0.3, -0.25) is 4.79 Å². The lowest BCUT2D eigenvalue weighted by molar-refractivity contribution is 0.0694. The van der Waals surface area contributed by atoms with E-state index < -0.39 is 0 Å². The van der Waals surface area contributed by atoms with Gasteiger partial charge in [0.1, 0.15) is 6.17 Å². The molecule has 1 heterocycles. The summed E-state index contributed by atoms with van der Waals surface area (Å²) >= 11 is 0. The van der Waals surface area contributed by atoms with Crippen LogP contribution in [0.2, 0.25) is 0 Å². The van der Waals surface area contributed by atoms with Crippen LogP contribution in [0.1, 0.15) is 29.0 Å². The molecule has 5 nitrogen and oxygen atoms in total. The van der Waals surface area contributed by atoms with Gasteiger partial charge in [-0.1, -0.05) is 18.2 Å². The molecule has 0 aliphatic carbocycles. The van der Waals surface area contributed by atoms with Gasteiger partial charge in [-0.05, 0) is 36.8 Å². The van der Waals surface area contributed by atoms with E-state index in [0.29, 0.717) is 23.6 Å². The SMILES string of the molecule is CCN1C(=O)c2ccccc2NC1c1ccc(OC)c(OC)c1. The normalized spacial score (nSPS) is 16.6. The fraction of sp³-hybridized carbons (Fsp3) is 0.278. The Morgan fingerprint density at radius 2 is 1.83 bits per heavy atom. The summed E-state index contributed by atoms with van der Waals surface area (Å²) in [4.78, 5) is 14.5. The Labute approximate surface area is 135 Å². The number of carbonyl (C=O) groups is 1. The molecule has 0 saturated heterocycles. The fourth-order valence-electron chi connectivity index (χ4n) is 2.91. The smallest absolute Gasteiger partial charge is 0.257 e. The van der Waals surface area contributed by atoms with Crippen LogP contribution in [0.4, 0.5) is 5.69 Å². The number of amides is 1. The molecular formula is C18H20N2O3. The molecule has 0 fully saturated rings. The first-order valence-corrected chi connectivity index (χ1v) is 7.58. The van der Waals surface area contributed by atoms with Crippen LogP contribution in [-0.4, -0.2) is 31.6 Å². The van der Waals surface area contributed by atoms with Crippen molar-refractivity contribution >= 4 is 11.6 Å². The van der Waals surface area contributed by atoms with E-state index in [1.165, 1.54) is 0 Å². The number of benzene rings is 2. The number of anilines is 1. The average Bonchev–Trinajstić information content (AvgIpc) is 2.61. The molecule has 3 rings (SSSR count). The Hall–Kier alpha value is -2.69. The lowest BCUT2D eigenvalue weighted by Gasteiger charge is -2.37. The zero-order valence-corrected chi connectivity index (χ0v) is 13.5. The number of nitrogens with zero attached hydrogens (tertiary/aromatic N) is 1. The topological polar surface area (TPSA) is 50.8 Å². The van der Waals surface area contributed by atoms with Gasteiger partial charge in [-0.25, -0.2) is 0 Å². The maximum absolute atomic E-state index is 12.7. The number of methoxy groups -OCH3 is 2. The van der Waals surface area contributed by atoms with E-state index in [1.54, 1.807) is 14.2 Å². The maximum atomic E-state index is 12.7. The van der Waals surface area contributed by atoms with E-state index in [-0.39, 0.29) is 12.1 Å². The van der Waals surface area contributed by atoms with Crippen LogP contribution < -0.4 is 14.8 Å². The summed E-state index contributed by atoms with van der Waals surface area (Å²) in [5.41, 5.74) is 2.50. The summed E-state index contributed by atoms with van der Waals surface area (Å²) in [7, 11) is 3.21. The largest absolute Gasteiger partial charge is 0.493 e. The first-order valence-electron chi connectivity index (χ1n) is 7.58. The molecule has 120 valence electrons. The first-order chi connectivity index (χ1) is 11.2. The van der Waals surface area contributed by atoms with Crippen molar-refractivity contribution in [1.29, 1.82) is 0 Å². The van der Waals surface area contributed by atoms with Gasteiger partial charge < -0.3 is 19.7 Å². The van der Waals surface area contributed by atoms with E-state index in [9.17, 15) is 4.79 Å². The molecular weight excluding hydrogens is 292 g/mol. The highest BCUT2D eigenvalue weighted by atomic mass is 16.5. The first kappa shape index (κ1) is 15.2. The van der Waals surface area contributed by atoms with Crippen molar-refractivity contribution in [3.8, 4) is 11.5 Å². The lowest BCUT2D eigenvalue weighted by Crippen LogP contribution is -2.42. The average molecular weight is 312 g/mol. The Bertz CT molecular complexity index is 730. The van der Waals surface area contributed by atoms with Gasteiger partial charge in [-0.15, -0.1) is 0 Å². The van der Waals surface area contributed by atoms with Gasteiger partial charge >= 0.3 is 0 Å². The minimum Gasteiger partial charge on any atom is -0.493 e. The van der Waals surface area contributed by atoms with Crippen LogP contribution in [0.5, 0.6) is 11.5 Å². The van der Waals surface area contributed by atoms with E-state index in [0.717, 1.165) is 11.3 Å². The number of ether oxygens (including phenoxy) is 2. The second kappa shape index (κ2) is 6.20. The molecule has 1 atom stereocenters. The van der Waals surface area contributed by atoms with Gasteiger partial charge in [-0.2, -0.15) is 0 Å². The summed E-state index contributed by atoms with van der Waals surface area (Å²) in [6.45, 7) is 2.58. The predicted molar refractivity (Wildman–Crippen MR) is 89.1 cm³/mol. The molecule has 1 aliphatic heterocycles. The highest BCUT2D eigenvalue weighted by Crippen LogP contribution is 2.36. The van der Waals surface area contributed by atoms with E-state index in [1.807, 2.05) is 54.3 Å². The van der Waals surface area contributed by atoms with Crippen LogP contribution >= 0.6 is 0 Å². The number of hydrogen-bond donors (Lipinski definition) is 1. The van der Waals surface area contributed by atoms with Crippen molar-refractivity contribution in [2.75, 3.05) is 26.1 Å². The number of nitrogens with one attached hydrogen (secondary N) is 1. The van der Waals surface area contributed by atoms with Crippen molar-refractivity contribution in [1.82, 2.24) is 4.90 Å². The molecule has 0 spiro atoms. The summed E-state index contributed by atoms with van der Waals surface area (Å²) < 4.78 is 10.7. The summed E-state index contributed by atoms with van der Waals surface area (Å²) in [5.74, 6) is 1.35. The van der Waals surface area contributed by atoms with E-state index in [2.05, 4.69) is 5.32 Å². The Morgan fingerprint density at radius 1 is 1.09 bits per heavy atom. The van der Waals surface area contributed by atoms with Gasteiger partial charge in [0.25, 0.3) is 5.91 Å². The number of rotatable bonds is 4. The molecule has 1 N–H and O–H groups in total. The number of carbonyl (C=O) groups excluding carboxylic acids is 1. The lowest BCUT2D eigenvalue weighted by atomic mass is 10.0. The van der Waals surface area contributed by atoms with Crippen molar-refractivity contribution in [3.05, 3.63) is 53.6 Å². The highest BCUT2D eigenvalue weighted by Gasteiger charge is 2.32. The molecule has 1 aliphatic rings. The third-order valence-electron chi connectivity index (χ3n) is 4.09. The van der Waals surface area contributed by atoms with Gasteiger partial charge in [0.05, 0.1) is 19.8 Å². The Balaban J connectivity index is 2.03. The molecule has 0 radical (unpaired) electrons. The molecule has 23 heavy (non-hydrogen) atoms. The van der Waals surface area contributed by atoms with Gasteiger partial charge in [0, 0.05) is 12.2 Å². The van der Waals surface area contributed by atoms with E-state index in [4.69, 9.17) is 9.47 Å². The Morgan fingerprint density at radius 3 is 2.52 bits per heavy atom. The van der Waals surface area contributed by atoms with Gasteiger partial charge in [0.15, 0.2) is 11.5 Å². The molecule has 1 unspecified atom stereocenters. The molecule has 1 amide bonds. The molecule has 0 saturated carbocycles. The Kier molecular flexibility index (Phi) is 4.10. The third kappa shape index (κ3) is 2.59. The zero-order chi connectivity index (χ0) is 16.4. The quantitative estimate of drug-likeness (QED) is 0.941.